The molecule has 0 aromatic rings. The van der Waals surface area contributed by atoms with Gasteiger partial charge in [-0.05, 0) is 18.1 Å². The first-order valence-corrected chi connectivity index (χ1v) is 9.01. The summed E-state index contributed by atoms with van der Waals surface area (Å²) in [6.07, 6.45) is -0.755. The number of aliphatic hydroxyl groups is 2. The third-order valence-corrected chi connectivity index (χ3v) is 8.39. The lowest BCUT2D eigenvalue weighted by atomic mass is 10.2. The van der Waals surface area contributed by atoms with Crippen LogP contribution in [0.25, 0.3) is 0 Å². The van der Waals surface area contributed by atoms with Gasteiger partial charge in [-0.1, -0.05) is 36.7 Å². The molecule has 0 amide bonds. The maximum absolute atomic E-state index is 9.36. The van der Waals surface area contributed by atoms with Gasteiger partial charge in [0, 0.05) is 6.61 Å². The fourth-order valence-electron chi connectivity index (χ4n) is 0.730. The van der Waals surface area contributed by atoms with Crippen LogP contribution in [0, 0.1) is 0 Å². The van der Waals surface area contributed by atoms with E-state index in [1.807, 2.05) is 0 Å². The Morgan fingerprint density at radius 1 is 1.33 bits per heavy atom. The Labute approximate surface area is 102 Å². The smallest absolute Gasteiger partial charge is 0.192 e. The minimum Gasteiger partial charge on any atom is -0.416 e. The van der Waals surface area contributed by atoms with Crippen LogP contribution in [0.3, 0.4) is 0 Å². The van der Waals surface area contributed by atoms with E-state index in [0.717, 1.165) is 0 Å². The lowest BCUT2D eigenvalue weighted by molar-refractivity contribution is 0.0807. The Kier molecular flexibility index (Phi) is 5.99. The summed E-state index contributed by atoms with van der Waals surface area (Å²) in [4.78, 5) is -0.198. The molecule has 0 aliphatic rings. The molecule has 0 rings (SSSR count). The van der Waals surface area contributed by atoms with E-state index in [0.29, 0.717) is 6.61 Å². The number of hydrogen-bond donors (Lipinski definition) is 2. The zero-order chi connectivity index (χ0) is 12.3. The van der Waals surface area contributed by atoms with Crippen LogP contribution in [-0.2, 0) is 4.43 Å². The van der Waals surface area contributed by atoms with Crippen molar-refractivity contribution in [3.8, 4) is 0 Å². The zero-order valence-corrected chi connectivity index (χ0v) is 12.8. The summed E-state index contributed by atoms with van der Waals surface area (Å²) < 4.78 is 5.90. The minimum absolute atomic E-state index is 0.171. The summed E-state index contributed by atoms with van der Waals surface area (Å²) in [5, 5.41) is 18.3. The number of halogens is 1. The van der Waals surface area contributed by atoms with Crippen LogP contribution in [0.1, 0.15) is 20.8 Å². The van der Waals surface area contributed by atoms with Crippen LogP contribution >= 0.6 is 15.9 Å². The van der Waals surface area contributed by atoms with E-state index in [-0.39, 0.29) is 16.5 Å². The van der Waals surface area contributed by atoms with E-state index in [1.165, 1.54) is 0 Å². The van der Waals surface area contributed by atoms with Gasteiger partial charge in [0.05, 0.1) is 17.5 Å². The van der Waals surface area contributed by atoms with E-state index in [9.17, 15) is 5.11 Å². The summed E-state index contributed by atoms with van der Waals surface area (Å²) in [5.74, 6) is 0. The maximum atomic E-state index is 9.36. The van der Waals surface area contributed by atoms with E-state index in [1.54, 1.807) is 0 Å². The molecule has 2 N–H and O–H groups in total. The van der Waals surface area contributed by atoms with Gasteiger partial charge in [0.2, 0.25) is 0 Å². The molecule has 0 aromatic carbocycles. The van der Waals surface area contributed by atoms with Crippen molar-refractivity contribution in [2.75, 3.05) is 13.2 Å². The molecule has 0 saturated carbocycles. The quantitative estimate of drug-likeness (QED) is 0.604. The molecule has 15 heavy (non-hydrogen) atoms. The Balaban J connectivity index is 4.16. The van der Waals surface area contributed by atoms with Gasteiger partial charge in [-0.25, -0.2) is 0 Å². The molecule has 5 heteroatoms. The first-order valence-electron chi connectivity index (χ1n) is 5.19. The SMILES string of the molecule is CC(C)(C)[Si](C)(C)OC[C@@H](Br)[C@@H](O)CO. The van der Waals surface area contributed by atoms with Crippen molar-refractivity contribution < 1.29 is 14.6 Å². The molecule has 2 atom stereocenters. The van der Waals surface area contributed by atoms with Gasteiger partial charge in [-0.15, -0.1) is 0 Å². The molecule has 0 aliphatic carbocycles. The maximum Gasteiger partial charge on any atom is 0.192 e. The topological polar surface area (TPSA) is 49.7 Å². The lowest BCUT2D eigenvalue weighted by Gasteiger charge is -2.37. The second kappa shape index (κ2) is 5.77. The number of rotatable bonds is 5. The molecular weight excluding hydrogens is 276 g/mol. The summed E-state index contributed by atoms with van der Waals surface area (Å²) in [5.41, 5.74) is 0. The summed E-state index contributed by atoms with van der Waals surface area (Å²) in [6.45, 7) is 11.0. The summed E-state index contributed by atoms with van der Waals surface area (Å²) in [6, 6.07) is 0. The third-order valence-electron chi connectivity index (χ3n) is 3.01. The second-order valence-electron chi connectivity index (χ2n) is 5.34. The van der Waals surface area contributed by atoms with Gasteiger partial charge in [0.1, 0.15) is 0 Å². The fourth-order valence-corrected chi connectivity index (χ4v) is 2.30. The molecule has 3 nitrogen and oxygen atoms in total. The normalized spacial score (nSPS) is 17.6. The lowest BCUT2D eigenvalue weighted by Crippen LogP contribution is -2.43. The predicted molar refractivity (Wildman–Crippen MR) is 69.0 cm³/mol. The molecule has 0 unspecified atom stereocenters. The van der Waals surface area contributed by atoms with Crippen LogP contribution in [0.15, 0.2) is 0 Å². The summed E-state index contributed by atoms with van der Waals surface area (Å²) in [7, 11) is -1.75. The highest BCUT2D eigenvalue weighted by atomic mass is 79.9. The van der Waals surface area contributed by atoms with Gasteiger partial charge in [0.15, 0.2) is 8.32 Å². The van der Waals surface area contributed by atoms with Gasteiger partial charge in [-0.2, -0.15) is 0 Å². The molecule has 0 aliphatic heterocycles. The molecular formula is C10H23BrO3Si. The molecule has 0 heterocycles. The van der Waals surface area contributed by atoms with E-state index < -0.39 is 14.4 Å². The van der Waals surface area contributed by atoms with E-state index in [2.05, 4.69) is 49.8 Å². The van der Waals surface area contributed by atoms with Crippen molar-refractivity contribution in [1.82, 2.24) is 0 Å². The standard InChI is InChI=1S/C10H23BrO3Si/c1-10(2,3)15(4,5)14-7-8(11)9(13)6-12/h8-9,12-13H,6-7H2,1-5H3/t8-,9+/m1/s1. The second-order valence-corrected chi connectivity index (χ2v) is 11.3. The Morgan fingerprint density at radius 3 is 2.13 bits per heavy atom. The van der Waals surface area contributed by atoms with Crippen molar-refractivity contribution in [1.29, 1.82) is 0 Å². The summed E-state index contributed by atoms with van der Waals surface area (Å²) >= 11 is 3.31. The highest BCUT2D eigenvalue weighted by Gasteiger charge is 2.37. The average molecular weight is 299 g/mol. The highest BCUT2D eigenvalue weighted by Crippen LogP contribution is 2.36. The van der Waals surface area contributed by atoms with Gasteiger partial charge in [0.25, 0.3) is 0 Å². The van der Waals surface area contributed by atoms with Crippen LogP contribution < -0.4 is 0 Å². The average Bonchev–Trinajstić information content (AvgIpc) is 2.11. The van der Waals surface area contributed by atoms with Crippen molar-refractivity contribution in [2.45, 2.75) is 49.8 Å². The molecule has 92 valence electrons. The number of alkyl halides is 1. The first-order chi connectivity index (χ1) is 6.62. The largest absolute Gasteiger partial charge is 0.416 e. The predicted octanol–water partition coefficient (Wildman–Crippen LogP) is 2.12. The Bertz CT molecular complexity index is 192. The highest BCUT2D eigenvalue weighted by molar-refractivity contribution is 9.09. The van der Waals surface area contributed by atoms with Crippen molar-refractivity contribution >= 4 is 24.2 Å². The van der Waals surface area contributed by atoms with E-state index >= 15 is 0 Å². The van der Waals surface area contributed by atoms with Gasteiger partial charge >= 0.3 is 0 Å². The monoisotopic (exact) mass is 298 g/mol. The molecule has 0 saturated heterocycles. The number of aliphatic hydroxyl groups excluding tert-OH is 2. The molecule has 0 bridgehead atoms. The Morgan fingerprint density at radius 2 is 1.80 bits per heavy atom. The molecule has 0 fully saturated rings. The molecule has 0 aromatic heterocycles. The van der Waals surface area contributed by atoms with E-state index in [4.69, 9.17) is 9.53 Å². The zero-order valence-electron chi connectivity index (χ0n) is 10.2. The van der Waals surface area contributed by atoms with Crippen molar-refractivity contribution in [3.05, 3.63) is 0 Å². The molecule has 0 spiro atoms. The van der Waals surface area contributed by atoms with Crippen LogP contribution in [0.4, 0.5) is 0 Å². The third kappa shape index (κ3) is 4.95. The molecule has 0 radical (unpaired) electrons. The van der Waals surface area contributed by atoms with Gasteiger partial charge < -0.3 is 14.6 Å². The van der Waals surface area contributed by atoms with Crippen molar-refractivity contribution in [3.63, 3.8) is 0 Å². The van der Waals surface area contributed by atoms with Crippen LogP contribution in [0.5, 0.6) is 0 Å². The van der Waals surface area contributed by atoms with Crippen LogP contribution in [-0.4, -0.2) is 42.7 Å². The Hall–Kier alpha value is 0.577. The first kappa shape index (κ1) is 15.6. The number of hydrogen-bond acceptors (Lipinski definition) is 3. The van der Waals surface area contributed by atoms with Crippen molar-refractivity contribution in [2.24, 2.45) is 0 Å². The van der Waals surface area contributed by atoms with Gasteiger partial charge in [-0.3, -0.25) is 0 Å². The van der Waals surface area contributed by atoms with Crippen LogP contribution in [0.2, 0.25) is 18.1 Å². The minimum atomic E-state index is -1.75. The fraction of sp³-hybridized carbons (Fsp3) is 1.00.